The maximum Gasteiger partial charge on any atom is 0.221 e. The number of nitrogen functional groups attached to an aromatic ring is 1. The van der Waals surface area contributed by atoms with E-state index in [1.54, 1.807) is 6.07 Å². The van der Waals surface area contributed by atoms with Gasteiger partial charge in [-0.3, -0.25) is 4.79 Å². The normalized spacial score (nSPS) is 9.76. The van der Waals surface area contributed by atoms with E-state index in [0.29, 0.717) is 31.1 Å². The van der Waals surface area contributed by atoms with Crippen LogP contribution in [0.4, 0.5) is 11.6 Å². The van der Waals surface area contributed by atoms with Gasteiger partial charge in [0.25, 0.3) is 0 Å². The first kappa shape index (κ1) is 13.2. The molecule has 0 spiro atoms. The molecule has 0 aliphatic rings. The molecule has 17 heavy (non-hydrogen) atoms. The number of amides is 1. The van der Waals surface area contributed by atoms with Crippen LogP contribution in [0.15, 0.2) is 12.4 Å². The number of nitrogens with zero attached hydrogens (tertiary/aromatic N) is 2. The van der Waals surface area contributed by atoms with Gasteiger partial charge in [-0.2, -0.15) is 0 Å². The Bertz CT molecular complexity index is 356. The van der Waals surface area contributed by atoms with Crippen LogP contribution < -0.4 is 21.9 Å². The lowest BCUT2D eigenvalue weighted by Gasteiger charge is -2.06. The SMILES string of the molecule is CCCNC(=O)CCNc1cc(NN)ncn1. The van der Waals surface area contributed by atoms with Crippen molar-refractivity contribution in [3.8, 4) is 0 Å². The van der Waals surface area contributed by atoms with Crippen molar-refractivity contribution in [3.05, 3.63) is 12.4 Å². The van der Waals surface area contributed by atoms with Crippen LogP contribution in [0.1, 0.15) is 19.8 Å². The number of anilines is 2. The van der Waals surface area contributed by atoms with Crippen molar-refractivity contribution in [1.82, 2.24) is 15.3 Å². The number of carbonyl (C=O) groups is 1. The highest BCUT2D eigenvalue weighted by atomic mass is 16.1. The van der Waals surface area contributed by atoms with Crippen molar-refractivity contribution >= 4 is 17.5 Å². The van der Waals surface area contributed by atoms with Crippen LogP contribution in [0, 0.1) is 0 Å². The number of carbonyl (C=O) groups excluding carboxylic acids is 1. The summed E-state index contributed by atoms with van der Waals surface area (Å²) in [5, 5.41) is 5.82. The molecule has 94 valence electrons. The molecule has 1 aromatic rings. The molecule has 7 nitrogen and oxygen atoms in total. The third-order valence-corrected chi connectivity index (χ3v) is 2.05. The first-order valence-corrected chi connectivity index (χ1v) is 5.55. The van der Waals surface area contributed by atoms with Crippen LogP contribution in [0.5, 0.6) is 0 Å². The second kappa shape index (κ2) is 7.39. The Kier molecular flexibility index (Phi) is 5.73. The number of hydrazine groups is 1. The van der Waals surface area contributed by atoms with Crippen molar-refractivity contribution in [1.29, 1.82) is 0 Å². The third-order valence-electron chi connectivity index (χ3n) is 2.05. The minimum absolute atomic E-state index is 0.0329. The molecule has 0 unspecified atom stereocenters. The first-order valence-electron chi connectivity index (χ1n) is 5.55. The summed E-state index contributed by atoms with van der Waals surface area (Å²) >= 11 is 0. The van der Waals surface area contributed by atoms with E-state index < -0.39 is 0 Å². The van der Waals surface area contributed by atoms with E-state index in [1.807, 2.05) is 6.92 Å². The summed E-state index contributed by atoms with van der Waals surface area (Å²) in [5.74, 6) is 6.41. The zero-order chi connectivity index (χ0) is 12.5. The predicted molar refractivity (Wildman–Crippen MR) is 66.2 cm³/mol. The van der Waals surface area contributed by atoms with E-state index in [0.717, 1.165) is 6.42 Å². The second-order valence-corrected chi connectivity index (χ2v) is 3.46. The second-order valence-electron chi connectivity index (χ2n) is 3.46. The fourth-order valence-corrected chi connectivity index (χ4v) is 1.19. The Morgan fingerprint density at radius 2 is 2.12 bits per heavy atom. The molecule has 0 bridgehead atoms. The van der Waals surface area contributed by atoms with E-state index in [2.05, 4.69) is 26.0 Å². The maximum absolute atomic E-state index is 11.3. The average molecular weight is 238 g/mol. The van der Waals surface area contributed by atoms with Crippen molar-refractivity contribution in [2.24, 2.45) is 5.84 Å². The third kappa shape index (κ3) is 5.12. The number of nitrogens with two attached hydrogens (primary N) is 1. The molecule has 0 saturated carbocycles. The van der Waals surface area contributed by atoms with Gasteiger partial charge in [-0.05, 0) is 6.42 Å². The number of rotatable bonds is 7. The zero-order valence-electron chi connectivity index (χ0n) is 9.86. The highest BCUT2D eigenvalue weighted by Crippen LogP contribution is 2.06. The van der Waals surface area contributed by atoms with Gasteiger partial charge in [0.05, 0.1) is 0 Å². The maximum atomic E-state index is 11.3. The van der Waals surface area contributed by atoms with Crippen LogP contribution in [0.3, 0.4) is 0 Å². The number of hydrogen-bond donors (Lipinski definition) is 4. The lowest BCUT2D eigenvalue weighted by molar-refractivity contribution is -0.120. The Morgan fingerprint density at radius 3 is 2.82 bits per heavy atom. The molecule has 1 rings (SSSR count). The molecule has 0 aliphatic carbocycles. The molecular formula is C10H18N6O. The number of aromatic nitrogens is 2. The van der Waals surface area contributed by atoms with Crippen LogP contribution in [-0.2, 0) is 4.79 Å². The standard InChI is InChI=1S/C10H18N6O/c1-2-4-13-10(17)3-5-12-8-6-9(16-11)15-7-14-8/h6-7H,2-5,11H2,1H3,(H,13,17)(H2,12,14,15,16). The van der Waals surface area contributed by atoms with E-state index in [-0.39, 0.29) is 5.91 Å². The number of nitrogens with one attached hydrogen (secondary N) is 3. The molecule has 0 radical (unpaired) electrons. The Morgan fingerprint density at radius 1 is 1.35 bits per heavy atom. The fourth-order valence-electron chi connectivity index (χ4n) is 1.19. The monoisotopic (exact) mass is 238 g/mol. The predicted octanol–water partition coefficient (Wildman–Crippen LogP) is 0.0904. The molecule has 0 aromatic carbocycles. The van der Waals surface area contributed by atoms with Gasteiger partial charge in [0, 0.05) is 25.6 Å². The first-order chi connectivity index (χ1) is 8.26. The number of hydrogen-bond acceptors (Lipinski definition) is 6. The zero-order valence-corrected chi connectivity index (χ0v) is 9.86. The quantitative estimate of drug-likeness (QED) is 0.396. The molecule has 1 heterocycles. The van der Waals surface area contributed by atoms with Crippen molar-refractivity contribution < 1.29 is 4.79 Å². The molecule has 7 heteroatoms. The smallest absolute Gasteiger partial charge is 0.221 e. The van der Waals surface area contributed by atoms with E-state index in [9.17, 15) is 4.79 Å². The summed E-state index contributed by atoms with van der Waals surface area (Å²) in [4.78, 5) is 19.2. The lowest BCUT2D eigenvalue weighted by Crippen LogP contribution is -2.26. The average Bonchev–Trinajstić information content (AvgIpc) is 2.36. The molecular weight excluding hydrogens is 220 g/mol. The Balaban J connectivity index is 2.28. The molecule has 0 atom stereocenters. The van der Waals surface area contributed by atoms with E-state index >= 15 is 0 Å². The summed E-state index contributed by atoms with van der Waals surface area (Å²) in [5.41, 5.74) is 2.42. The van der Waals surface area contributed by atoms with Crippen molar-refractivity contribution in [3.63, 3.8) is 0 Å². The van der Waals surface area contributed by atoms with Gasteiger partial charge < -0.3 is 16.1 Å². The Labute approximate surface area is 100 Å². The minimum atomic E-state index is 0.0329. The van der Waals surface area contributed by atoms with E-state index in [1.165, 1.54) is 6.33 Å². The van der Waals surface area contributed by atoms with Crippen LogP contribution in [0.25, 0.3) is 0 Å². The van der Waals surface area contributed by atoms with Gasteiger partial charge in [0.15, 0.2) is 0 Å². The molecule has 0 aliphatic heterocycles. The van der Waals surface area contributed by atoms with Crippen LogP contribution >= 0.6 is 0 Å². The molecule has 1 aromatic heterocycles. The fraction of sp³-hybridized carbons (Fsp3) is 0.500. The van der Waals surface area contributed by atoms with Crippen molar-refractivity contribution in [2.75, 3.05) is 23.8 Å². The minimum Gasteiger partial charge on any atom is -0.369 e. The molecule has 5 N–H and O–H groups in total. The van der Waals surface area contributed by atoms with Gasteiger partial charge in [-0.15, -0.1) is 0 Å². The van der Waals surface area contributed by atoms with Crippen LogP contribution in [0.2, 0.25) is 0 Å². The Hall–Kier alpha value is -1.89. The molecule has 1 amide bonds. The highest BCUT2D eigenvalue weighted by molar-refractivity contribution is 5.76. The highest BCUT2D eigenvalue weighted by Gasteiger charge is 2.00. The topological polar surface area (TPSA) is 105 Å². The summed E-state index contributed by atoms with van der Waals surface area (Å²) < 4.78 is 0. The van der Waals surface area contributed by atoms with Gasteiger partial charge in [0.1, 0.15) is 18.0 Å². The lowest BCUT2D eigenvalue weighted by atomic mass is 10.3. The van der Waals surface area contributed by atoms with Gasteiger partial charge in [-0.1, -0.05) is 6.92 Å². The van der Waals surface area contributed by atoms with Gasteiger partial charge >= 0.3 is 0 Å². The summed E-state index contributed by atoms with van der Waals surface area (Å²) in [6, 6.07) is 1.67. The summed E-state index contributed by atoms with van der Waals surface area (Å²) in [6.45, 7) is 3.25. The summed E-state index contributed by atoms with van der Waals surface area (Å²) in [7, 11) is 0. The van der Waals surface area contributed by atoms with Crippen molar-refractivity contribution in [2.45, 2.75) is 19.8 Å². The largest absolute Gasteiger partial charge is 0.369 e. The summed E-state index contributed by atoms with van der Waals surface area (Å²) in [6.07, 6.45) is 2.75. The van der Waals surface area contributed by atoms with Gasteiger partial charge in [-0.25, -0.2) is 15.8 Å². The molecule has 0 fully saturated rings. The van der Waals surface area contributed by atoms with Crippen LogP contribution in [-0.4, -0.2) is 29.0 Å². The van der Waals surface area contributed by atoms with E-state index in [4.69, 9.17) is 5.84 Å². The molecule has 0 saturated heterocycles. The van der Waals surface area contributed by atoms with Gasteiger partial charge in [0.2, 0.25) is 5.91 Å².